The van der Waals surface area contributed by atoms with Gasteiger partial charge in [0.15, 0.2) is 0 Å². The van der Waals surface area contributed by atoms with Crippen LogP contribution in [0.5, 0.6) is 0 Å². The molecular formula is C13H20N2. The smallest absolute Gasteiger partial charge is 0.0335 e. The van der Waals surface area contributed by atoms with Crippen LogP contribution in [0.1, 0.15) is 56.5 Å². The van der Waals surface area contributed by atoms with Crippen molar-refractivity contribution in [3.63, 3.8) is 0 Å². The molecule has 2 heteroatoms. The molecule has 1 saturated carbocycles. The van der Waals surface area contributed by atoms with E-state index in [-0.39, 0.29) is 6.04 Å². The Bertz CT molecular complexity index is 372. The van der Waals surface area contributed by atoms with Gasteiger partial charge in [0.2, 0.25) is 0 Å². The zero-order chi connectivity index (χ0) is 10.6. The van der Waals surface area contributed by atoms with Gasteiger partial charge < -0.3 is 10.3 Å². The molecule has 0 saturated heterocycles. The van der Waals surface area contributed by atoms with E-state index in [0.717, 1.165) is 12.5 Å². The van der Waals surface area contributed by atoms with E-state index < -0.39 is 0 Å². The predicted octanol–water partition coefficient (Wildman–Crippen LogP) is 2.80. The van der Waals surface area contributed by atoms with Crippen molar-refractivity contribution in [1.82, 2.24) is 4.57 Å². The summed E-state index contributed by atoms with van der Waals surface area (Å²) < 4.78 is 2.48. The normalized spacial score (nSPS) is 28.9. The van der Waals surface area contributed by atoms with E-state index in [9.17, 15) is 0 Å². The highest BCUT2D eigenvalue weighted by Gasteiger charge is 2.35. The average molecular weight is 204 g/mol. The van der Waals surface area contributed by atoms with E-state index in [0.29, 0.717) is 5.41 Å². The first kappa shape index (κ1) is 9.46. The summed E-state index contributed by atoms with van der Waals surface area (Å²) >= 11 is 0. The SMILES string of the molecule is CC1(C)Cc2c(ccn2C2CC2)C(N)C1. The topological polar surface area (TPSA) is 30.9 Å². The van der Waals surface area contributed by atoms with Crippen LogP contribution < -0.4 is 5.73 Å². The minimum Gasteiger partial charge on any atom is -0.348 e. The Balaban J connectivity index is 2.04. The van der Waals surface area contributed by atoms with Crippen LogP contribution >= 0.6 is 0 Å². The van der Waals surface area contributed by atoms with E-state index in [1.165, 1.54) is 30.5 Å². The van der Waals surface area contributed by atoms with Gasteiger partial charge in [-0.1, -0.05) is 13.8 Å². The molecule has 2 nitrogen and oxygen atoms in total. The molecule has 1 heterocycles. The molecule has 82 valence electrons. The van der Waals surface area contributed by atoms with Crippen molar-refractivity contribution in [2.45, 2.75) is 51.6 Å². The molecule has 0 radical (unpaired) electrons. The van der Waals surface area contributed by atoms with E-state index >= 15 is 0 Å². The lowest BCUT2D eigenvalue weighted by molar-refractivity contribution is 0.275. The first-order valence-electron chi connectivity index (χ1n) is 6.02. The van der Waals surface area contributed by atoms with Crippen LogP contribution in [0, 0.1) is 5.41 Å². The van der Waals surface area contributed by atoms with Crippen molar-refractivity contribution in [2.75, 3.05) is 0 Å². The minimum absolute atomic E-state index is 0.253. The summed E-state index contributed by atoms with van der Waals surface area (Å²) in [7, 11) is 0. The number of aromatic nitrogens is 1. The van der Waals surface area contributed by atoms with Crippen LogP contribution in [0.25, 0.3) is 0 Å². The minimum atomic E-state index is 0.253. The van der Waals surface area contributed by atoms with Crippen molar-refractivity contribution in [1.29, 1.82) is 0 Å². The highest BCUT2D eigenvalue weighted by Crippen LogP contribution is 2.44. The molecule has 0 aliphatic heterocycles. The van der Waals surface area contributed by atoms with Gasteiger partial charge >= 0.3 is 0 Å². The van der Waals surface area contributed by atoms with Gasteiger partial charge in [0.25, 0.3) is 0 Å². The zero-order valence-corrected chi connectivity index (χ0v) is 9.66. The number of hydrogen-bond acceptors (Lipinski definition) is 1. The molecule has 15 heavy (non-hydrogen) atoms. The standard InChI is InChI=1S/C13H20N2/c1-13(2)7-11(14)10-5-6-15(9-3-4-9)12(10)8-13/h5-6,9,11H,3-4,7-8,14H2,1-2H3. The number of fused-ring (bicyclic) bond motifs is 1. The summed E-state index contributed by atoms with van der Waals surface area (Å²) in [4.78, 5) is 0. The molecule has 1 atom stereocenters. The van der Waals surface area contributed by atoms with Crippen LogP contribution in [0.4, 0.5) is 0 Å². The third-order valence-corrected chi connectivity index (χ3v) is 3.82. The summed E-state index contributed by atoms with van der Waals surface area (Å²) in [6.07, 6.45) is 7.28. The van der Waals surface area contributed by atoms with Crippen LogP contribution in [-0.2, 0) is 6.42 Å². The van der Waals surface area contributed by atoms with Gasteiger partial charge in [-0.15, -0.1) is 0 Å². The van der Waals surface area contributed by atoms with Crippen molar-refractivity contribution in [3.05, 3.63) is 23.5 Å². The lowest BCUT2D eigenvalue weighted by atomic mass is 9.74. The monoisotopic (exact) mass is 204 g/mol. The van der Waals surface area contributed by atoms with E-state index in [4.69, 9.17) is 5.73 Å². The van der Waals surface area contributed by atoms with Gasteiger partial charge in [0.05, 0.1) is 0 Å². The van der Waals surface area contributed by atoms with Gasteiger partial charge in [0.1, 0.15) is 0 Å². The van der Waals surface area contributed by atoms with Crippen molar-refractivity contribution >= 4 is 0 Å². The Morgan fingerprint density at radius 3 is 2.80 bits per heavy atom. The fourth-order valence-electron chi connectivity index (χ4n) is 2.95. The Hall–Kier alpha value is -0.760. The Morgan fingerprint density at radius 1 is 1.40 bits per heavy atom. The van der Waals surface area contributed by atoms with E-state index in [2.05, 4.69) is 30.7 Å². The third kappa shape index (κ3) is 1.51. The summed E-state index contributed by atoms with van der Waals surface area (Å²) in [5.74, 6) is 0. The second kappa shape index (κ2) is 2.88. The summed E-state index contributed by atoms with van der Waals surface area (Å²) in [6, 6.07) is 3.28. The fraction of sp³-hybridized carbons (Fsp3) is 0.692. The number of rotatable bonds is 1. The second-order valence-corrected chi connectivity index (χ2v) is 6.01. The molecular weight excluding hydrogens is 184 g/mol. The van der Waals surface area contributed by atoms with Crippen LogP contribution in [0.3, 0.4) is 0 Å². The molecule has 0 bridgehead atoms. The average Bonchev–Trinajstić information content (AvgIpc) is 2.86. The molecule has 1 aromatic rings. The van der Waals surface area contributed by atoms with E-state index in [1.807, 2.05) is 0 Å². The molecule has 0 aromatic carbocycles. The van der Waals surface area contributed by atoms with Gasteiger partial charge in [-0.2, -0.15) is 0 Å². The molecule has 1 fully saturated rings. The van der Waals surface area contributed by atoms with Gasteiger partial charge in [-0.25, -0.2) is 0 Å². The molecule has 0 spiro atoms. The molecule has 3 rings (SSSR count). The Kier molecular flexibility index (Phi) is 1.82. The van der Waals surface area contributed by atoms with Gasteiger partial charge in [-0.05, 0) is 42.7 Å². The summed E-state index contributed by atoms with van der Waals surface area (Å²) in [5.41, 5.74) is 9.53. The van der Waals surface area contributed by atoms with Crippen molar-refractivity contribution in [2.24, 2.45) is 11.1 Å². The first-order chi connectivity index (χ1) is 7.07. The highest BCUT2D eigenvalue weighted by atomic mass is 15.0. The largest absolute Gasteiger partial charge is 0.348 e. The molecule has 0 amide bonds. The lowest BCUT2D eigenvalue weighted by Gasteiger charge is -2.34. The molecule has 2 N–H and O–H groups in total. The molecule has 1 aromatic heterocycles. The van der Waals surface area contributed by atoms with Crippen molar-refractivity contribution in [3.8, 4) is 0 Å². The second-order valence-electron chi connectivity index (χ2n) is 6.01. The number of nitrogens with zero attached hydrogens (tertiary/aromatic N) is 1. The van der Waals surface area contributed by atoms with Gasteiger partial charge in [0, 0.05) is 24.0 Å². The quantitative estimate of drug-likeness (QED) is 0.749. The lowest BCUT2D eigenvalue weighted by Crippen LogP contribution is -2.30. The van der Waals surface area contributed by atoms with Crippen molar-refractivity contribution < 1.29 is 0 Å². The van der Waals surface area contributed by atoms with Crippen LogP contribution in [-0.4, -0.2) is 4.57 Å². The first-order valence-corrected chi connectivity index (χ1v) is 6.02. The molecule has 2 aliphatic rings. The van der Waals surface area contributed by atoms with Crippen LogP contribution in [0.2, 0.25) is 0 Å². The third-order valence-electron chi connectivity index (χ3n) is 3.82. The Morgan fingerprint density at radius 2 is 2.13 bits per heavy atom. The summed E-state index contributed by atoms with van der Waals surface area (Å²) in [6.45, 7) is 4.67. The number of hydrogen-bond donors (Lipinski definition) is 1. The van der Waals surface area contributed by atoms with Gasteiger partial charge in [-0.3, -0.25) is 0 Å². The maximum absolute atomic E-state index is 6.24. The van der Waals surface area contributed by atoms with Crippen LogP contribution in [0.15, 0.2) is 12.3 Å². The molecule has 2 aliphatic carbocycles. The summed E-state index contributed by atoms with van der Waals surface area (Å²) in [5, 5.41) is 0. The Labute approximate surface area is 91.5 Å². The maximum atomic E-state index is 6.24. The molecule has 1 unspecified atom stereocenters. The van der Waals surface area contributed by atoms with E-state index in [1.54, 1.807) is 0 Å². The highest BCUT2D eigenvalue weighted by molar-refractivity contribution is 5.31. The predicted molar refractivity (Wildman–Crippen MR) is 61.7 cm³/mol. The fourth-order valence-corrected chi connectivity index (χ4v) is 2.95. The zero-order valence-electron chi connectivity index (χ0n) is 9.66. The maximum Gasteiger partial charge on any atom is 0.0335 e. The number of nitrogens with two attached hydrogens (primary N) is 1.